The summed E-state index contributed by atoms with van der Waals surface area (Å²) in [7, 11) is 0. The van der Waals surface area contributed by atoms with E-state index in [-0.39, 0.29) is 6.42 Å². The molecule has 0 spiro atoms. The number of carbonyl (C=O) groups is 2. The van der Waals surface area contributed by atoms with Crippen molar-refractivity contribution in [2.45, 2.75) is 19.0 Å². The lowest BCUT2D eigenvalue weighted by molar-refractivity contribution is -0.497. The minimum absolute atomic E-state index is 0.186. The predicted molar refractivity (Wildman–Crippen MR) is 103 cm³/mol. The van der Waals surface area contributed by atoms with Crippen molar-refractivity contribution >= 4 is 11.8 Å². The van der Waals surface area contributed by atoms with Crippen molar-refractivity contribution in [2.75, 3.05) is 0 Å². The maximum Gasteiger partial charge on any atom is 0.269 e. The van der Waals surface area contributed by atoms with Gasteiger partial charge in [-0.2, -0.15) is 4.80 Å². The number of rotatable bonds is 6. The molecule has 1 saturated carbocycles. The molecule has 0 aliphatic heterocycles. The highest BCUT2D eigenvalue weighted by Crippen LogP contribution is 2.32. The maximum atomic E-state index is 12.1. The molecule has 11 nitrogen and oxygen atoms in total. The molecule has 1 fully saturated rings. The molecule has 0 bridgehead atoms. The van der Waals surface area contributed by atoms with E-state index in [1.807, 2.05) is 30.3 Å². The average molecular weight is 407 g/mol. The molecule has 0 unspecified atom stereocenters. The van der Waals surface area contributed by atoms with E-state index >= 15 is 0 Å². The van der Waals surface area contributed by atoms with E-state index in [4.69, 9.17) is 0 Å². The number of nitrogens with one attached hydrogen (secondary N) is 2. The van der Waals surface area contributed by atoms with E-state index in [0.717, 1.165) is 11.1 Å². The number of tetrazole rings is 1. The summed E-state index contributed by atoms with van der Waals surface area (Å²) in [5, 5.41) is 23.0. The number of carbonyl (C=O) groups excluding carboxylic acids is 2. The van der Waals surface area contributed by atoms with Gasteiger partial charge in [0, 0.05) is 22.5 Å². The molecule has 30 heavy (non-hydrogen) atoms. The Balaban J connectivity index is 1.31. The molecule has 3 aromatic rings. The van der Waals surface area contributed by atoms with Crippen molar-refractivity contribution in [2.24, 2.45) is 5.92 Å². The summed E-state index contributed by atoms with van der Waals surface area (Å²) >= 11 is 0. The Kier molecular flexibility index (Phi) is 5.16. The zero-order chi connectivity index (χ0) is 21.1. The molecule has 2 N–H and O–H groups in total. The second kappa shape index (κ2) is 8.07. The number of hydrogen-bond donors (Lipinski definition) is 2. The number of nitro groups is 1. The van der Waals surface area contributed by atoms with Crippen LogP contribution in [0.4, 0.5) is 0 Å². The van der Waals surface area contributed by atoms with E-state index in [9.17, 15) is 19.7 Å². The summed E-state index contributed by atoms with van der Waals surface area (Å²) < 4.78 is 0. The monoisotopic (exact) mass is 407 g/mol. The minimum Gasteiger partial charge on any atom is -0.273 e. The fourth-order valence-electron chi connectivity index (χ4n) is 2.92. The standard InChI is InChI=1S/C19H17N7O4/c27-18(21-22-19(28)15-10-16(15)26(29)30)14-8-6-12(7-9-14)11-25-23-17(20-24-25)13-4-2-1-3-5-13/h1-9,15-16H,10-11H2,(H,21,27)(H,22,28)/t15-,16+/m0/s1. The molecule has 1 aliphatic rings. The van der Waals surface area contributed by atoms with E-state index in [1.165, 1.54) is 4.80 Å². The first-order valence-electron chi connectivity index (χ1n) is 9.17. The molecule has 2 amide bonds. The smallest absolute Gasteiger partial charge is 0.269 e. The van der Waals surface area contributed by atoms with Crippen LogP contribution in [0.3, 0.4) is 0 Å². The quantitative estimate of drug-likeness (QED) is 0.454. The fourth-order valence-corrected chi connectivity index (χ4v) is 2.92. The van der Waals surface area contributed by atoms with Crippen molar-refractivity contribution in [1.29, 1.82) is 0 Å². The zero-order valence-corrected chi connectivity index (χ0v) is 15.6. The number of benzene rings is 2. The Morgan fingerprint density at radius 3 is 2.50 bits per heavy atom. The van der Waals surface area contributed by atoms with Gasteiger partial charge in [0.15, 0.2) is 0 Å². The lowest BCUT2D eigenvalue weighted by Gasteiger charge is -2.07. The van der Waals surface area contributed by atoms with Gasteiger partial charge in [-0.05, 0) is 22.9 Å². The molecule has 1 heterocycles. The minimum atomic E-state index is -0.867. The van der Waals surface area contributed by atoms with Crippen LogP contribution >= 0.6 is 0 Å². The highest BCUT2D eigenvalue weighted by molar-refractivity contribution is 5.95. The molecule has 11 heteroatoms. The third kappa shape index (κ3) is 4.29. The van der Waals surface area contributed by atoms with E-state index in [0.29, 0.717) is 17.9 Å². The van der Waals surface area contributed by atoms with Gasteiger partial charge in [0.05, 0.1) is 6.54 Å². The average Bonchev–Trinajstić information content (AvgIpc) is 3.45. The maximum absolute atomic E-state index is 12.1. The predicted octanol–water partition coefficient (Wildman–Crippen LogP) is 0.815. The molecule has 152 valence electrons. The second-order valence-electron chi connectivity index (χ2n) is 6.84. The summed E-state index contributed by atoms with van der Waals surface area (Å²) in [5.74, 6) is -1.25. The molecule has 0 radical (unpaired) electrons. The Bertz CT molecular complexity index is 1080. The van der Waals surface area contributed by atoms with Crippen LogP contribution in [0.2, 0.25) is 0 Å². The summed E-state index contributed by atoms with van der Waals surface area (Å²) in [6.45, 7) is 0.377. The van der Waals surface area contributed by atoms with Crippen molar-refractivity contribution in [1.82, 2.24) is 31.1 Å². The Morgan fingerprint density at radius 2 is 1.83 bits per heavy atom. The van der Waals surface area contributed by atoms with Gasteiger partial charge in [-0.1, -0.05) is 42.5 Å². The summed E-state index contributed by atoms with van der Waals surface area (Å²) in [5.41, 5.74) is 6.55. The van der Waals surface area contributed by atoms with Gasteiger partial charge >= 0.3 is 0 Å². The van der Waals surface area contributed by atoms with Crippen LogP contribution in [-0.4, -0.2) is 43.0 Å². The van der Waals surface area contributed by atoms with Gasteiger partial charge in [0.2, 0.25) is 17.8 Å². The largest absolute Gasteiger partial charge is 0.273 e. The summed E-state index contributed by atoms with van der Waals surface area (Å²) in [6, 6.07) is 15.3. The van der Waals surface area contributed by atoms with Gasteiger partial charge in [0.1, 0.15) is 5.92 Å². The van der Waals surface area contributed by atoms with Crippen LogP contribution in [0.25, 0.3) is 11.4 Å². The molecule has 2 aromatic carbocycles. The van der Waals surface area contributed by atoms with E-state index < -0.39 is 28.7 Å². The first-order chi connectivity index (χ1) is 14.5. The van der Waals surface area contributed by atoms with Crippen molar-refractivity contribution < 1.29 is 14.5 Å². The molecular formula is C19H17N7O4. The Morgan fingerprint density at radius 1 is 1.10 bits per heavy atom. The van der Waals surface area contributed by atoms with E-state index in [2.05, 4.69) is 26.3 Å². The SMILES string of the molecule is O=C(NNC(=O)[C@H]1C[C@H]1[N+](=O)[O-])c1ccc(Cn2nnc(-c3ccccc3)n2)cc1. The molecule has 1 aromatic heterocycles. The summed E-state index contributed by atoms with van der Waals surface area (Å²) in [4.78, 5) is 35.5. The topological polar surface area (TPSA) is 145 Å². The molecule has 4 rings (SSSR count). The van der Waals surface area contributed by atoms with Crippen molar-refractivity contribution in [3.63, 3.8) is 0 Å². The lowest BCUT2D eigenvalue weighted by atomic mass is 10.1. The van der Waals surface area contributed by atoms with Gasteiger partial charge < -0.3 is 0 Å². The second-order valence-corrected chi connectivity index (χ2v) is 6.84. The number of nitrogens with zero attached hydrogens (tertiary/aromatic N) is 5. The van der Waals surface area contributed by atoms with Crippen LogP contribution in [0, 0.1) is 16.0 Å². The third-order valence-electron chi connectivity index (χ3n) is 4.69. The normalized spacial score (nSPS) is 17.2. The van der Waals surface area contributed by atoms with Gasteiger partial charge in [-0.25, -0.2) is 0 Å². The van der Waals surface area contributed by atoms with Crippen LogP contribution in [-0.2, 0) is 11.3 Å². The highest BCUT2D eigenvalue weighted by atomic mass is 16.6. The molecule has 2 atom stereocenters. The van der Waals surface area contributed by atoms with Crippen molar-refractivity contribution in [3.05, 3.63) is 75.8 Å². The van der Waals surface area contributed by atoms with E-state index in [1.54, 1.807) is 24.3 Å². The Labute approximate surface area is 170 Å². The highest BCUT2D eigenvalue weighted by Gasteiger charge is 2.53. The molecule has 0 saturated heterocycles. The fraction of sp³-hybridized carbons (Fsp3) is 0.211. The van der Waals surface area contributed by atoms with Crippen LogP contribution < -0.4 is 10.9 Å². The lowest BCUT2D eigenvalue weighted by Crippen LogP contribution is -2.43. The summed E-state index contributed by atoms with van der Waals surface area (Å²) in [6.07, 6.45) is 0.186. The van der Waals surface area contributed by atoms with Crippen LogP contribution in [0.15, 0.2) is 54.6 Å². The molecule has 1 aliphatic carbocycles. The third-order valence-corrected chi connectivity index (χ3v) is 4.69. The van der Waals surface area contributed by atoms with Gasteiger partial charge in [-0.15, -0.1) is 10.2 Å². The first-order valence-corrected chi connectivity index (χ1v) is 9.17. The van der Waals surface area contributed by atoms with Crippen molar-refractivity contribution in [3.8, 4) is 11.4 Å². The van der Waals surface area contributed by atoms with Crippen LogP contribution in [0.5, 0.6) is 0 Å². The Hall–Kier alpha value is -4.15. The number of hydrogen-bond acceptors (Lipinski definition) is 7. The van der Waals surface area contributed by atoms with Gasteiger partial charge in [0.25, 0.3) is 5.91 Å². The van der Waals surface area contributed by atoms with Gasteiger partial charge in [-0.3, -0.25) is 30.6 Å². The number of amides is 2. The zero-order valence-electron chi connectivity index (χ0n) is 15.6. The molecular weight excluding hydrogens is 390 g/mol. The first kappa shape index (κ1) is 19.2. The number of hydrazine groups is 1. The number of aromatic nitrogens is 4. The van der Waals surface area contributed by atoms with Crippen LogP contribution in [0.1, 0.15) is 22.3 Å².